The number of methoxy groups -OCH3 is 1. The van der Waals surface area contributed by atoms with E-state index in [1.54, 1.807) is 35.9 Å². The number of rotatable bonds is 20. The molecule has 0 aliphatic carbocycles. The number of esters is 1. The highest BCUT2D eigenvalue weighted by Gasteiger charge is 2.14. The molecule has 0 aliphatic heterocycles. The van der Waals surface area contributed by atoms with Crippen LogP contribution in [0.25, 0.3) is 16.6 Å². The summed E-state index contributed by atoms with van der Waals surface area (Å²) in [6, 6.07) is 22.2. The van der Waals surface area contributed by atoms with Crippen molar-refractivity contribution in [3.63, 3.8) is 0 Å². The molecular formula is C38H49N3O4. The molecule has 1 aromatic heterocycles. The second kappa shape index (κ2) is 18.6. The zero-order chi connectivity index (χ0) is 31.7. The third-order valence-corrected chi connectivity index (χ3v) is 8.19. The molecule has 0 fully saturated rings. The van der Waals surface area contributed by atoms with Crippen LogP contribution in [-0.2, 0) is 11.2 Å². The summed E-state index contributed by atoms with van der Waals surface area (Å²) < 4.78 is 12.8. The van der Waals surface area contributed by atoms with Crippen LogP contribution in [0.4, 0.5) is 5.69 Å². The number of hydrogen-bond donors (Lipinski definition) is 1. The summed E-state index contributed by atoms with van der Waals surface area (Å²) in [5.41, 5.74) is 2.50. The first kappa shape index (κ1) is 33.8. The minimum Gasteiger partial charge on any atom is -0.495 e. The maximum Gasteiger partial charge on any atom is 0.338 e. The van der Waals surface area contributed by atoms with Gasteiger partial charge in [0.05, 0.1) is 41.6 Å². The van der Waals surface area contributed by atoms with Crippen LogP contribution in [0.1, 0.15) is 100 Å². The number of carbonyl (C=O) groups is 1. The molecule has 0 unspecified atom stereocenters. The largest absolute Gasteiger partial charge is 0.495 e. The molecule has 7 nitrogen and oxygen atoms in total. The molecule has 0 atom stereocenters. The molecule has 4 rings (SSSR count). The minimum atomic E-state index is -0.335. The molecule has 4 aromatic rings. The summed E-state index contributed by atoms with van der Waals surface area (Å²) in [5.74, 6) is 0.937. The van der Waals surface area contributed by atoms with Crippen LogP contribution < -0.4 is 15.6 Å². The summed E-state index contributed by atoms with van der Waals surface area (Å²) >= 11 is 0. The summed E-state index contributed by atoms with van der Waals surface area (Å²) in [5, 5.41) is 3.96. The number of unbranched alkanes of at least 4 members (excludes halogenated alkanes) is 11. The fraction of sp³-hybridized carbons (Fsp3) is 0.447. The highest BCUT2D eigenvalue weighted by atomic mass is 16.5. The van der Waals surface area contributed by atoms with Crippen molar-refractivity contribution in [2.75, 3.05) is 25.6 Å². The first-order valence-electron chi connectivity index (χ1n) is 16.8. The number of carbonyl (C=O) groups excluding carboxylic acids is 1. The number of anilines is 1. The van der Waals surface area contributed by atoms with Crippen LogP contribution in [0.5, 0.6) is 5.75 Å². The number of fused-ring (bicyclic) bond motifs is 1. The van der Waals surface area contributed by atoms with Gasteiger partial charge in [0, 0.05) is 13.0 Å². The van der Waals surface area contributed by atoms with Crippen LogP contribution in [0.2, 0.25) is 0 Å². The molecule has 0 amide bonds. The molecule has 1 N–H and O–H groups in total. The van der Waals surface area contributed by atoms with Gasteiger partial charge in [-0.15, -0.1) is 0 Å². The first-order chi connectivity index (χ1) is 22.1. The number of aromatic nitrogens is 2. The molecule has 0 saturated heterocycles. The van der Waals surface area contributed by atoms with Gasteiger partial charge in [-0.1, -0.05) is 108 Å². The van der Waals surface area contributed by atoms with E-state index in [1.807, 2.05) is 48.5 Å². The van der Waals surface area contributed by atoms with Crippen molar-refractivity contribution in [3.05, 3.63) is 94.5 Å². The zero-order valence-corrected chi connectivity index (χ0v) is 27.1. The van der Waals surface area contributed by atoms with Crippen molar-refractivity contribution in [2.45, 2.75) is 90.4 Å². The molecule has 0 radical (unpaired) electrons. The number of nitrogens with one attached hydrogen (secondary N) is 1. The summed E-state index contributed by atoms with van der Waals surface area (Å²) in [6.07, 6.45) is 15.7. The number of ether oxygens (including phenoxy) is 2. The van der Waals surface area contributed by atoms with Crippen molar-refractivity contribution in [1.29, 1.82) is 0 Å². The Morgan fingerprint density at radius 3 is 2.13 bits per heavy atom. The van der Waals surface area contributed by atoms with Crippen molar-refractivity contribution >= 4 is 22.6 Å². The van der Waals surface area contributed by atoms with E-state index in [-0.39, 0.29) is 11.5 Å². The van der Waals surface area contributed by atoms with Crippen LogP contribution in [-0.4, -0.2) is 35.8 Å². The van der Waals surface area contributed by atoms with E-state index in [4.69, 9.17) is 14.5 Å². The van der Waals surface area contributed by atoms with E-state index in [9.17, 15) is 9.59 Å². The monoisotopic (exact) mass is 611 g/mol. The van der Waals surface area contributed by atoms with Gasteiger partial charge >= 0.3 is 5.97 Å². The van der Waals surface area contributed by atoms with E-state index in [1.165, 1.54) is 64.2 Å². The quantitative estimate of drug-likeness (QED) is 0.0794. The van der Waals surface area contributed by atoms with E-state index in [0.717, 1.165) is 18.5 Å². The molecular weight excluding hydrogens is 562 g/mol. The fourth-order valence-corrected chi connectivity index (χ4v) is 5.66. The number of nitrogens with zero attached hydrogens (tertiary/aromatic N) is 2. The second-order valence-electron chi connectivity index (χ2n) is 11.6. The van der Waals surface area contributed by atoms with Gasteiger partial charge in [0.25, 0.3) is 5.56 Å². The molecule has 0 saturated carbocycles. The van der Waals surface area contributed by atoms with Crippen LogP contribution in [0.3, 0.4) is 0 Å². The van der Waals surface area contributed by atoms with Crippen molar-refractivity contribution in [2.24, 2.45) is 0 Å². The SMILES string of the molecule is CCCCCCCCCCCCCCOC(=O)c1ccc(OC)c(NCCc2nc3ccccc3c(=O)n2-c2ccccc2)c1. The van der Waals surface area contributed by atoms with Crippen molar-refractivity contribution in [1.82, 2.24) is 9.55 Å². The molecule has 0 bridgehead atoms. The Balaban J connectivity index is 1.27. The minimum absolute atomic E-state index is 0.0997. The van der Waals surface area contributed by atoms with Crippen LogP contribution in [0, 0.1) is 0 Å². The third kappa shape index (κ3) is 10.2. The Bertz CT molecular complexity index is 1530. The van der Waals surface area contributed by atoms with Crippen molar-refractivity contribution < 1.29 is 14.3 Å². The smallest absolute Gasteiger partial charge is 0.338 e. The lowest BCUT2D eigenvalue weighted by Crippen LogP contribution is -2.25. The lowest BCUT2D eigenvalue weighted by Gasteiger charge is -2.16. The maximum absolute atomic E-state index is 13.5. The normalized spacial score (nSPS) is 11.1. The van der Waals surface area contributed by atoms with E-state index in [2.05, 4.69) is 12.2 Å². The van der Waals surface area contributed by atoms with Gasteiger partial charge in [-0.3, -0.25) is 9.36 Å². The summed E-state index contributed by atoms with van der Waals surface area (Å²) in [4.78, 5) is 31.1. The van der Waals surface area contributed by atoms with Gasteiger partial charge in [-0.05, 0) is 48.9 Å². The molecule has 3 aromatic carbocycles. The standard InChI is InChI=1S/C38H49N3O4/c1-3-4-5-6-7-8-9-10-11-12-13-19-28-45-38(43)30-24-25-35(44-2)34(29-30)39-27-26-36-40-33-23-18-17-22-32(33)37(42)41(36)31-20-15-14-16-21-31/h14-18,20-25,29,39H,3-13,19,26-28H2,1-2H3. The molecule has 45 heavy (non-hydrogen) atoms. The van der Waals surface area contributed by atoms with E-state index in [0.29, 0.717) is 53.3 Å². The lowest BCUT2D eigenvalue weighted by molar-refractivity contribution is 0.0497. The van der Waals surface area contributed by atoms with Gasteiger partial charge in [-0.2, -0.15) is 0 Å². The lowest BCUT2D eigenvalue weighted by atomic mass is 10.1. The topological polar surface area (TPSA) is 82.5 Å². The Labute approximate surface area is 268 Å². The second-order valence-corrected chi connectivity index (χ2v) is 11.6. The molecule has 0 spiro atoms. The average molecular weight is 612 g/mol. The van der Waals surface area contributed by atoms with Crippen LogP contribution in [0.15, 0.2) is 77.6 Å². The van der Waals surface area contributed by atoms with Gasteiger partial charge < -0.3 is 14.8 Å². The Morgan fingerprint density at radius 1 is 0.800 bits per heavy atom. The number of hydrogen-bond acceptors (Lipinski definition) is 6. The summed E-state index contributed by atoms with van der Waals surface area (Å²) in [6.45, 7) is 3.16. The summed E-state index contributed by atoms with van der Waals surface area (Å²) in [7, 11) is 1.60. The van der Waals surface area contributed by atoms with E-state index < -0.39 is 0 Å². The number of benzene rings is 3. The average Bonchev–Trinajstić information content (AvgIpc) is 3.07. The molecule has 7 heteroatoms. The first-order valence-corrected chi connectivity index (χ1v) is 16.8. The third-order valence-electron chi connectivity index (χ3n) is 8.19. The fourth-order valence-electron chi connectivity index (χ4n) is 5.66. The number of para-hydroxylation sites is 2. The Hall–Kier alpha value is -4.13. The van der Waals surface area contributed by atoms with Gasteiger partial charge in [0.2, 0.25) is 0 Å². The van der Waals surface area contributed by atoms with Crippen LogP contribution >= 0.6 is 0 Å². The van der Waals surface area contributed by atoms with Gasteiger partial charge in [0.1, 0.15) is 11.6 Å². The zero-order valence-electron chi connectivity index (χ0n) is 27.1. The predicted octanol–water partition coefficient (Wildman–Crippen LogP) is 8.91. The van der Waals surface area contributed by atoms with Gasteiger partial charge in [0.15, 0.2) is 0 Å². The predicted molar refractivity (Wildman–Crippen MR) is 184 cm³/mol. The molecule has 1 heterocycles. The molecule has 0 aliphatic rings. The Morgan fingerprint density at radius 2 is 1.44 bits per heavy atom. The Kier molecular flexibility index (Phi) is 14.0. The maximum atomic E-state index is 13.5. The van der Waals surface area contributed by atoms with E-state index >= 15 is 0 Å². The highest BCUT2D eigenvalue weighted by Crippen LogP contribution is 2.26. The molecule has 240 valence electrons. The van der Waals surface area contributed by atoms with Gasteiger partial charge in [-0.25, -0.2) is 9.78 Å². The van der Waals surface area contributed by atoms with Crippen molar-refractivity contribution in [3.8, 4) is 11.4 Å². The highest BCUT2D eigenvalue weighted by molar-refractivity contribution is 5.91.